The van der Waals surface area contributed by atoms with Crippen LogP contribution in [0.5, 0.6) is 0 Å². The van der Waals surface area contributed by atoms with Gasteiger partial charge in [0.2, 0.25) is 5.91 Å². The molecule has 2 saturated heterocycles. The minimum Gasteiger partial charge on any atom is -0.349 e. The normalized spacial score (nSPS) is 32.8. The highest BCUT2D eigenvalue weighted by molar-refractivity contribution is 5.75. The Bertz CT molecular complexity index is 266. The molecule has 4 nitrogen and oxygen atoms in total. The third-order valence-electron chi connectivity index (χ3n) is 4.23. The Balaban J connectivity index is 1.75. The van der Waals surface area contributed by atoms with Crippen molar-refractivity contribution in [2.24, 2.45) is 5.73 Å². The first-order valence-electron chi connectivity index (χ1n) is 6.79. The summed E-state index contributed by atoms with van der Waals surface area (Å²) in [4.78, 5) is 15.8. The lowest BCUT2D eigenvalue weighted by molar-refractivity contribution is -0.128. The molecule has 17 heavy (non-hydrogen) atoms. The summed E-state index contributed by atoms with van der Waals surface area (Å²) in [6.07, 6.45) is 6.57. The molecule has 2 rings (SSSR count). The zero-order chi connectivity index (χ0) is 12.4. The third kappa shape index (κ3) is 2.99. The molecular formula is C13H25N3O. The lowest BCUT2D eigenvalue weighted by Crippen LogP contribution is -2.47. The highest BCUT2D eigenvalue weighted by atomic mass is 16.2. The van der Waals surface area contributed by atoms with Gasteiger partial charge in [0, 0.05) is 38.6 Å². The van der Waals surface area contributed by atoms with Gasteiger partial charge in [0.25, 0.3) is 0 Å². The molecule has 2 aliphatic heterocycles. The fourth-order valence-corrected chi connectivity index (χ4v) is 3.32. The van der Waals surface area contributed by atoms with Gasteiger partial charge in [0.1, 0.15) is 0 Å². The van der Waals surface area contributed by atoms with Gasteiger partial charge in [0.05, 0.1) is 0 Å². The molecule has 0 aromatic carbocycles. The number of hydrogen-bond donors (Lipinski definition) is 1. The summed E-state index contributed by atoms with van der Waals surface area (Å²) in [5.74, 6) is 0.242. The molecule has 2 N–H and O–H groups in total. The molecule has 2 aliphatic rings. The van der Waals surface area contributed by atoms with Crippen molar-refractivity contribution in [3.8, 4) is 0 Å². The molecule has 0 aromatic heterocycles. The second-order valence-electron chi connectivity index (χ2n) is 5.75. The minimum absolute atomic E-state index is 0.242. The van der Waals surface area contributed by atoms with E-state index in [-0.39, 0.29) is 5.91 Å². The van der Waals surface area contributed by atoms with Crippen molar-refractivity contribution < 1.29 is 4.79 Å². The Hall–Kier alpha value is -0.610. The van der Waals surface area contributed by atoms with E-state index in [1.165, 1.54) is 12.8 Å². The summed E-state index contributed by atoms with van der Waals surface area (Å²) < 4.78 is 0. The van der Waals surface area contributed by atoms with Crippen LogP contribution in [0.15, 0.2) is 0 Å². The monoisotopic (exact) mass is 239 g/mol. The zero-order valence-corrected chi connectivity index (χ0v) is 11.1. The molecule has 4 heteroatoms. The summed E-state index contributed by atoms with van der Waals surface area (Å²) in [6.45, 7) is 1.07. The van der Waals surface area contributed by atoms with E-state index in [1.807, 2.05) is 14.1 Å². The molecule has 0 spiro atoms. The topological polar surface area (TPSA) is 49.6 Å². The maximum absolute atomic E-state index is 11.5. The van der Waals surface area contributed by atoms with Crippen molar-refractivity contribution in [2.75, 3.05) is 20.6 Å². The van der Waals surface area contributed by atoms with Gasteiger partial charge in [0.15, 0.2) is 0 Å². The van der Waals surface area contributed by atoms with Gasteiger partial charge in [-0.15, -0.1) is 0 Å². The van der Waals surface area contributed by atoms with Crippen LogP contribution in [0.4, 0.5) is 0 Å². The lowest BCUT2D eigenvalue weighted by atomic mass is 9.98. The molecule has 2 fully saturated rings. The molecule has 0 aromatic rings. The second kappa shape index (κ2) is 5.36. The van der Waals surface area contributed by atoms with Crippen molar-refractivity contribution in [3.63, 3.8) is 0 Å². The molecule has 2 atom stereocenters. The molecular weight excluding hydrogens is 214 g/mol. The van der Waals surface area contributed by atoms with Crippen molar-refractivity contribution in [2.45, 2.75) is 56.7 Å². The van der Waals surface area contributed by atoms with Crippen molar-refractivity contribution in [1.29, 1.82) is 0 Å². The maximum atomic E-state index is 11.5. The van der Waals surface area contributed by atoms with Gasteiger partial charge < -0.3 is 10.6 Å². The molecule has 0 radical (unpaired) electrons. The van der Waals surface area contributed by atoms with Crippen LogP contribution in [-0.2, 0) is 4.79 Å². The molecule has 98 valence electrons. The summed E-state index contributed by atoms with van der Waals surface area (Å²) >= 11 is 0. The first-order chi connectivity index (χ1) is 8.08. The van der Waals surface area contributed by atoms with E-state index in [9.17, 15) is 4.79 Å². The number of piperidine rings is 1. The smallest absolute Gasteiger partial charge is 0.222 e. The number of rotatable bonds is 4. The molecule has 0 aliphatic carbocycles. The number of hydrogen-bond acceptors (Lipinski definition) is 3. The van der Waals surface area contributed by atoms with Crippen LogP contribution in [0.25, 0.3) is 0 Å². The van der Waals surface area contributed by atoms with E-state index in [1.54, 1.807) is 4.90 Å². The zero-order valence-electron chi connectivity index (χ0n) is 11.1. The summed E-state index contributed by atoms with van der Waals surface area (Å²) in [6, 6.07) is 1.79. The largest absolute Gasteiger partial charge is 0.349 e. The lowest BCUT2D eigenvalue weighted by Gasteiger charge is -2.37. The number of fused-ring (bicyclic) bond motifs is 2. The van der Waals surface area contributed by atoms with Crippen molar-refractivity contribution >= 4 is 5.91 Å². The highest BCUT2D eigenvalue weighted by Gasteiger charge is 2.38. The quantitative estimate of drug-likeness (QED) is 0.790. The van der Waals surface area contributed by atoms with Crippen LogP contribution in [0.2, 0.25) is 0 Å². The van der Waals surface area contributed by atoms with E-state index < -0.39 is 0 Å². The number of nitrogens with zero attached hydrogens (tertiary/aromatic N) is 2. The van der Waals surface area contributed by atoms with Gasteiger partial charge in [-0.1, -0.05) is 0 Å². The average Bonchev–Trinajstić information content (AvgIpc) is 2.51. The third-order valence-corrected chi connectivity index (χ3v) is 4.23. The summed E-state index contributed by atoms with van der Waals surface area (Å²) in [7, 11) is 3.65. The number of carbonyl (C=O) groups is 1. The van der Waals surface area contributed by atoms with E-state index in [0.29, 0.717) is 24.5 Å². The van der Waals surface area contributed by atoms with Crippen LogP contribution in [0.1, 0.15) is 38.5 Å². The average molecular weight is 239 g/mol. The fourth-order valence-electron chi connectivity index (χ4n) is 3.32. The number of amides is 1. The standard InChI is InChI=1S/C13H25N3O/c1-15(2)13(17)4-3-7-16-11-5-6-12(16)9-10(14)8-11/h10-12H,3-9,14H2,1-2H3. The van der Waals surface area contributed by atoms with Crippen molar-refractivity contribution in [1.82, 2.24) is 9.80 Å². The Kier molecular flexibility index (Phi) is 4.05. The van der Waals surface area contributed by atoms with Crippen LogP contribution in [0.3, 0.4) is 0 Å². The predicted octanol–water partition coefficient (Wildman–Crippen LogP) is 0.809. The van der Waals surface area contributed by atoms with Gasteiger partial charge in [-0.2, -0.15) is 0 Å². The van der Waals surface area contributed by atoms with Crippen LogP contribution >= 0.6 is 0 Å². The number of carbonyl (C=O) groups excluding carboxylic acids is 1. The maximum Gasteiger partial charge on any atom is 0.222 e. The van der Waals surface area contributed by atoms with Crippen molar-refractivity contribution in [3.05, 3.63) is 0 Å². The van der Waals surface area contributed by atoms with Gasteiger partial charge in [-0.25, -0.2) is 0 Å². The fraction of sp³-hybridized carbons (Fsp3) is 0.923. The molecule has 2 unspecified atom stereocenters. The van der Waals surface area contributed by atoms with Crippen LogP contribution in [-0.4, -0.2) is 54.5 Å². The highest BCUT2D eigenvalue weighted by Crippen LogP contribution is 2.35. The molecule has 2 heterocycles. The Labute approximate surface area is 104 Å². The van der Waals surface area contributed by atoms with E-state index in [0.717, 1.165) is 25.8 Å². The van der Waals surface area contributed by atoms with Gasteiger partial charge in [-0.3, -0.25) is 9.69 Å². The van der Waals surface area contributed by atoms with Crippen LogP contribution < -0.4 is 5.73 Å². The number of nitrogens with two attached hydrogens (primary N) is 1. The second-order valence-corrected chi connectivity index (χ2v) is 5.75. The first kappa shape index (κ1) is 12.8. The van der Waals surface area contributed by atoms with Crippen LogP contribution in [0, 0.1) is 0 Å². The SMILES string of the molecule is CN(C)C(=O)CCCN1C2CCC1CC(N)C2. The van der Waals surface area contributed by atoms with Gasteiger partial charge >= 0.3 is 0 Å². The first-order valence-corrected chi connectivity index (χ1v) is 6.79. The van der Waals surface area contributed by atoms with E-state index >= 15 is 0 Å². The Morgan fingerprint density at radius 3 is 2.41 bits per heavy atom. The molecule has 2 bridgehead atoms. The summed E-state index contributed by atoms with van der Waals surface area (Å²) in [5, 5.41) is 0. The molecule has 1 amide bonds. The van der Waals surface area contributed by atoms with E-state index in [4.69, 9.17) is 5.73 Å². The predicted molar refractivity (Wildman–Crippen MR) is 68.7 cm³/mol. The summed E-state index contributed by atoms with van der Waals surface area (Å²) in [5.41, 5.74) is 6.05. The Morgan fingerprint density at radius 1 is 1.29 bits per heavy atom. The Morgan fingerprint density at radius 2 is 1.88 bits per heavy atom. The van der Waals surface area contributed by atoms with E-state index in [2.05, 4.69) is 4.90 Å². The minimum atomic E-state index is 0.242. The molecule has 0 saturated carbocycles. The van der Waals surface area contributed by atoms with Gasteiger partial charge in [-0.05, 0) is 38.6 Å².